The minimum absolute atomic E-state index is 0.0955. The van der Waals surface area contributed by atoms with Gasteiger partial charge in [0.2, 0.25) is 0 Å². The SMILES string of the molecule is CCC(C)(C)CNC(=O)c1ccc(N)cc1N. The van der Waals surface area contributed by atoms with Gasteiger partial charge >= 0.3 is 0 Å². The molecule has 17 heavy (non-hydrogen) atoms. The zero-order valence-corrected chi connectivity index (χ0v) is 10.7. The van der Waals surface area contributed by atoms with Crippen LogP contribution in [-0.4, -0.2) is 12.5 Å². The van der Waals surface area contributed by atoms with Gasteiger partial charge in [-0.15, -0.1) is 0 Å². The van der Waals surface area contributed by atoms with E-state index in [1.165, 1.54) is 0 Å². The fourth-order valence-corrected chi connectivity index (χ4v) is 1.33. The van der Waals surface area contributed by atoms with Crippen LogP contribution in [0.4, 0.5) is 11.4 Å². The van der Waals surface area contributed by atoms with E-state index in [9.17, 15) is 4.79 Å². The van der Waals surface area contributed by atoms with Crippen molar-refractivity contribution < 1.29 is 4.79 Å². The second-order valence-corrected chi connectivity index (χ2v) is 5.05. The third kappa shape index (κ3) is 3.66. The number of benzene rings is 1. The number of nitrogen functional groups attached to an aromatic ring is 2. The first-order valence-corrected chi connectivity index (χ1v) is 5.79. The molecule has 0 bridgehead atoms. The number of amides is 1. The molecule has 0 saturated heterocycles. The molecule has 0 aromatic heterocycles. The van der Waals surface area contributed by atoms with Gasteiger partial charge in [-0.1, -0.05) is 20.8 Å². The number of hydrogen-bond acceptors (Lipinski definition) is 3. The number of nitrogens with two attached hydrogens (primary N) is 2. The zero-order valence-electron chi connectivity index (χ0n) is 10.7. The van der Waals surface area contributed by atoms with Crippen molar-refractivity contribution in [3.63, 3.8) is 0 Å². The largest absolute Gasteiger partial charge is 0.399 e. The van der Waals surface area contributed by atoms with Gasteiger partial charge in [0.05, 0.1) is 5.56 Å². The number of anilines is 2. The average Bonchev–Trinajstić information content (AvgIpc) is 2.26. The summed E-state index contributed by atoms with van der Waals surface area (Å²) >= 11 is 0. The third-order valence-electron chi connectivity index (χ3n) is 3.00. The van der Waals surface area contributed by atoms with Gasteiger partial charge < -0.3 is 16.8 Å². The molecule has 0 heterocycles. The van der Waals surface area contributed by atoms with Crippen molar-refractivity contribution in [2.45, 2.75) is 27.2 Å². The van der Waals surface area contributed by atoms with Gasteiger partial charge in [-0.3, -0.25) is 4.79 Å². The Morgan fingerprint density at radius 3 is 2.53 bits per heavy atom. The number of carbonyl (C=O) groups is 1. The number of nitrogens with one attached hydrogen (secondary N) is 1. The van der Waals surface area contributed by atoms with E-state index in [0.29, 0.717) is 23.5 Å². The molecule has 4 heteroatoms. The lowest BCUT2D eigenvalue weighted by Gasteiger charge is -2.23. The van der Waals surface area contributed by atoms with Gasteiger partial charge in [-0.05, 0) is 30.0 Å². The van der Waals surface area contributed by atoms with E-state index < -0.39 is 0 Å². The summed E-state index contributed by atoms with van der Waals surface area (Å²) in [6.07, 6.45) is 1.00. The zero-order chi connectivity index (χ0) is 13.1. The molecule has 94 valence electrons. The molecule has 0 aliphatic heterocycles. The summed E-state index contributed by atoms with van der Waals surface area (Å²) < 4.78 is 0. The van der Waals surface area contributed by atoms with Gasteiger partial charge in [0, 0.05) is 17.9 Å². The maximum atomic E-state index is 11.9. The number of carbonyl (C=O) groups excluding carboxylic acids is 1. The van der Waals surface area contributed by atoms with Gasteiger partial charge in [0.25, 0.3) is 5.91 Å². The molecule has 0 fully saturated rings. The maximum absolute atomic E-state index is 11.9. The quantitative estimate of drug-likeness (QED) is 0.698. The summed E-state index contributed by atoms with van der Waals surface area (Å²) in [7, 11) is 0. The summed E-state index contributed by atoms with van der Waals surface area (Å²) in [5.41, 5.74) is 12.9. The fourth-order valence-electron chi connectivity index (χ4n) is 1.33. The van der Waals surface area contributed by atoms with Gasteiger partial charge in [0.1, 0.15) is 0 Å². The molecule has 0 spiro atoms. The Morgan fingerprint density at radius 2 is 2.00 bits per heavy atom. The second-order valence-electron chi connectivity index (χ2n) is 5.05. The first-order valence-electron chi connectivity index (χ1n) is 5.79. The van der Waals surface area contributed by atoms with E-state index in [2.05, 4.69) is 26.1 Å². The molecule has 0 aliphatic carbocycles. The van der Waals surface area contributed by atoms with E-state index in [1.807, 2.05) is 0 Å². The first kappa shape index (κ1) is 13.4. The van der Waals surface area contributed by atoms with Crippen molar-refractivity contribution in [1.82, 2.24) is 5.32 Å². The standard InChI is InChI=1S/C13H21N3O/c1-4-13(2,3)8-16-12(17)10-6-5-9(14)7-11(10)15/h5-7H,4,8,14-15H2,1-3H3,(H,16,17). The Morgan fingerprint density at radius 1 is 1.35 bits per heavy atom. The summed E-state index contributed by atoms with van der Waals surface area (Å²) in [6.45, 7) is 6.95. The highest BCUT2D eigenvalue weighted by atomic mass is 16.1. The van der Waals surface area contributed by atoms with Crippen LogP contribution in [0.1, 0.15) is 37.6 Å². The Labute approximate surface area is 102 Å². The van der Waals surface area contributed by atoms with Crippen LogP contribution in [0.25, 0.3) is 0 Å². The molecule has 0 radical (unpaired) electrons. The van der Waals surface area contributed by atoms with E-state index in [-0.39, 0.29) is 11.3 Å². The van der Waals surface area contributed by atoms with Crippen molar-refractivity contribution in [2.75, 3.05) is 18.0 Å². The van der Waals surface area contributed by atoms with Crippen molar-refractivity contribution >= 4 is 17.3 Å². The molecule has 0 saturated carbocycles. The molecule has 4 nitrogen and oxygen atoms in total. The van der Waals surface area contributed by atoms with Crippen LogP contribution in [0, 0.1) is 5.41 Å². The molecular formula is C13H21N3O. The lowest BCUT2D eigenvalue weighted by Crippen LogP contribution is -2.33. The fraction of sp³-hybridized carbons (Fsp3) is 0.462. The van der Waals surface area contributed by atoms with Crippen LogP contribution < -0.4 is 16.8 Å². The molecule has 1 amide bonds. The van der Waals surface area contributed by atoms with E-state index in [1.54, 1.807) is 18.2 Å². The van der Waals surface area contributed by atoms with Crippen LogP contribution >= 0.6 is 0 Å². The number of rotatable bonds is 4. The van der Waals surface area contributed by atoms with Crippen LogP contribution in [0.2, 0.25) is 0 Å². The van der Waals surface area contributed by atoms with Crippen molar-refractivity contribution in [1.29, 1.82) is 0 Å². The third-order valence-corrected chi connectivity index (χ3v) is 3.00. The summed E-state index contributed by atoms with van der Waals surface area (Å²) in [6, 6.07) is 4.93. The minimum Gasteiger partial charge on any atom is -0.399 e. The maximum Gasteiger partial charge on any atom is 0.253 e. The first-order chi connectivity index (χ1) is 7.85. The molecule has 0 unspecified atom stereocenters. The van der Waals surface area contributed by atoms with Crippen molar-refractivity contribution in [3.05, 3.63) is 23.8 Å². The summed E-state index contributed by atoms with van der Waals surface area (Å²) in [5.74, 6) is -0.149. The predicted octanol–water partition coefficient (Wildman–Crippen LogP) is 2.02. The van der Waals surface area contributed by atoms with Crippen LogP contribution in [0.15, 0.2) is 18.2 Å². The van der Waals surface area contributed by atoms with Crippen molar-refractivity contribution in [2.24, 2.45) is 5.41 Å². The lowest BCUT2D eigenvalue weighted by molar-refractivity contribution is 0.0936. The van der Waals surface area contributed by atoms with Gasteiger partial charge in [-0.2, -0.15) is 0 Å². The molecule has 1 aromatic carbocycles. The van der Waals surface area contributed by atoms with Gasteiger partial charge in [0.15, 0.2) is 0 Å². The average molecular weight is 235 g/mol. The monoisotopic (exact) mass is 235 g/mol. The Kier molecular flexibility index (Phi) is 3.99. The normalized spacial score (nSPS) is 11.2. The lowest BCUT2D eigenvalue weighted by atomic mass is 9.90. The highest BCUT2D eigenvalue weighted by Crippen LogP contribution is 2.19. The van der Waals surface area contributed by atoms with Gasteiger partial charge in [-0.25, -0.2) is 0 Å². The highest BCUT2D eigenvalue weighted by molar-refractivity contribution is 5.99. The van der Waals surface area contributed by atoms with E-state index in [4.69, 9.17) is 11.5 Å². The van der Waals surface area contributed by atoms with Crippen LogP contribution in [-0.2, 0) is 0 Å². The Hall–Kier alpha value is -1.71. The highest BCUT2D eigenvalue weighted by Gasteiger charge is 2.17. The molecule has 5 N–H and O–H groups in total. The summed E-state index contributed by atoms with van der Waals surface area (Å²) in [4.78, 5) is 11.9. The van der Waals surface area contributed by atoms with E-state index >= 15 is 0 Å². The topological polar surface area (TPSA) is 81.1 Å². The number of hydrogen-bond donors (Lipinski definition) is 3. The molecule has 0 aliphatic rings. The second kappa shape index (κ2) is 5.08. The molecule has 1 rings (SSSR count). The van der Waals surface area contributed by atoms with Crippen LogP contribution in [0.5, 0.6) is 0 Å². The Balaban J connectivity index is 2.71. The van der Waals surface area contributed by atoms with Crippen molar-refractivity contribution in [3.8, 4) is 0 Å². The molecule has 1 aromatic rings. The van der Waals surface area contributed by atoms with E-state index in [0.717, 1.165) is 6.42 Å². The predicted molar refractivity (Wildman–Crippen MR) is 71.7 cm³/mol. The van der Waals surface area contributed by atoms with Crippen LogP contribution in [0.3, 0.4) is 0 Å². The smallest absolute Gasteiger partial charge is 0.253 e. The Bertz CT molecular complexity index is 413. The molecular weight excluding hydrogens is 214 g/mol. The minimum atomic E-state index is -0.149. The molecule has 0 atom stereocenters. The summed E-state index contributed by atoms with van der Waals surface area (Å²) in [5, 5.41) is 2.89.